The van der Waals surface area contributed by atoms with Crippen LogP contribution in [-0.2, 0) is 6.42 Å². The largest absolute Gasteiger partial charge is 0.352 e. The second-order valence-corrected chi connectivity index (χ2v) is 6.99. The minimum absolute atomic E-state index is 0.0924. The highest BCUT2D eigenvalue weighted by Crippen LogP contribution is 2.23. The average molecular weight is 380 g/mol. The number of amides is 1. The van der Waals surface area contributed by atoms with Crippen molar-refractivity contribution in [3.8, 4) is 11.4 Å². The van der Waals surface area contributed by atoms with E-state index in [4.69, 9.17) is 0 Å². The number of aryl methyl sites for hydroxylation is 1. The molecule has 0 spiro atoms. The zero-order chi connectivity index (χ0) is 18.8. The van der Waals surface area contributed by atoms with Crippen molar-refractivity contribution in [1.29, 1.82) is 0 Å². The Balaban J connectivity index is 1.48. The molecule has 5 nitrogen and oxygen atoms in total. The highest BCUT2D eigenvalue weighted by molar-refractivity contribution is 7.15. The SMILES string of the molecule is Cc1ccccc1C(=O)NCCc1csc2nc(-c3ccccc3F)nn12. The van der Waals surface area contributed by atoms with Gasteiger partial charge in [-0.15, -0.1) is 16.4 Å². The van der Waals surface area contributed by atoms with E-state index >= 15 is 0 Å². The number of rotatable bonds is 5. The lowest BCUT2D eigenvalue weighted by molar-refractivity contribution is 0.0953. The van der Waals surface area contributed by atoms with Gasteiger partial charge in [-0.05, 0) is 30.7 Å². The standard InChI is InChI=1S/C20H17FN4OS/c1-13-6-2-3-7-15(13)19(26)22-11-10-14-12-27-20-23-18(24-25(14)20)16-8-4-5-9-17(16)21/h2-9,12H,10-11H2,1H3,(H,22,26). The number of carbonyl (C=O) groups is 1. The summed E-state index contributed by atoms with van der Waals surface area (Å²) in [6.45, 7) is 2.39. The molecule has 136 valence electrons. The molecule has 1 amide bonds. The van der Waals surface area contributed by atoms with Gasteiger partial charge in [0.2, 0.25) is 4.96 Å². The summed E-state index contributed by atoms with van der Waals surface area (Å²) in [7, 11) is 0. The summed E-state index contributed by atoms with van der Waals surface area (Å²) >= 11 is 1.45. The number of thiazole rings is 1. The summed E-state index contributed by atoms with van der Waals surface area (Å²) < 4.78 is 15.7. The maximum Gasteiger partial charge on any atom is 0.251 e. The molecule has 0 bridgehead atoms. The van der Waals surface area contributed by atoms with E-state index in [0.29, 0.717) is 34.9 Å². The molecular weight excluding hydrogens is 363 g/mol. The van der Waals surface area contributed by atoms with Crippen LogP contribution >= 0.6 is 11.3 Å². The van der Waals surface area contributed by atoms with Gasteiger partial charge in [0.25, 0.3) is 5.91 Å². The summed E-state index contributed by atoms with van der Waals surface area (Å²) in [5.74, 6) is -0.0712. The molecule has 4 aromatic rings. The lowest BCUT2D eigenvalue weighted by Crippen LogP contribution is -2.26. The van der Waals surface area contributed by atoms with Crippen LogP contribution in [0.4, 0.5) is 4.39 Å². The van der Waals surface area contributed by atoms with Crippen LogP contribution in [0.15, 0.2) is 53.9 Å². The van der Waals surface area contributed by atoms with E-state index in [1.807, 2.05) is 36.6 Å². The van der Waals surface area contributed by atoms with Crippen molar-refractivity contribution >= 4 is 22.2 Å². The first-order valence-corrected chi connectivity index (χ1v) is 9.43. The van der Waals surface area contributed by atoms with E-state index in [-0.39, 0.29) is 11.7 Å². The Hall–Kier alpha value is -3.06. The minimum Gasteiger partial charge on any atom is -0.352 e. The molecule has 0 saturated carbocycles. The molecule has 0 unspecified atom stereocenters. The zero-order valence-electron chi connectivity index (χ0n) is 14.6. The summed E-state index contributed by atoms with van der Waals surface area (Å²) in [5.41, 5.74) is 2.93. The molecule has 0 atom stereocenters. The third-order valence-electron chi connectivity index (χ3n) is 4.32. The van der Waals surface area contributed by atoms with Crippen molar-refractivity contribution < 1.29 is 9.18 Å². The van der Waals surface area contributed by atoms with Gasteiger partial charge in [0.05, 0.1) is 11.3 Å². The molecule has 7 heteroatoms. The molecule has 0 fully saturated rings. The van der Waals surface area contributed by atoms with Crippen molar-refractivity contribution in [3.63, 3.8) is 0 Å². The Morgan fingerprint density at radius 1 is 1.19 bits per heavy atom. The van der Waals surface area contributed by atoms with E-state index in [2.05, 4.69) is 15.4 Å². The van der Waals surface area contributed by atoms with Gasteiger partial charge in [0, 0.05) is 23.9 Å². The number of hydrogen-bond acceptors (Lipinski definition) is 4. The van der Waals surface area contributed by atoms with Gasteiger partial charge in [-0.1, -0.05) is 30.3 Å². The molecule has 2 aromatic heterocycles. The molecule has 2 aromatic carbocycles. The quantitative estimate of drug-likeness (QED) is 0.572. The van der Waals surface area contributed by atoms with E-state index in [9.17, 15) is 9.18 Å². The highest BCUT2D eigenvalue weighted by atomic mass is 32.1. The number of aromatic nitrogens is 3. The van der Waals surface area contributed by atoms with Crippen molar-refractivity contribution in [3.05, 3.63) is 76.5 Å². The normalized spacial score (nSPS) is 11.0. The monoisotopic (exact) mass is 380 g/mol. The summed E-state index contributed by atoms with van der Waals surface area (Å²) in [6, 6.07) is 13.9. The number of fused-ring (bicyclic) bond motifs is 1. The van der Waals surface area contributed by atoms with Crippen LogP contribution in [0.2, 0.25) is 0 Å². The molecule has 0 aliphatic rings. The molecule has 0 radical (unpaired) electrons. The van der Waals surface area contributed by atoms with Crippen molar-refractivity contribution in [2.75, 3.05) is 6.54 Å². The van der Waals surface area contributed by atoms with E-state index in [1.165, 1.54) is 17.4 Å². The fraction of sp³-hybridized carbons (Fsp3) is 0.150. The molecule has 4 rings (SSSR count). The predicted molar refractivity (Wildman–Crippen MR) is 103 cm³/mol. The number of benzene rings is 2. The number of nitrogens with one attached hydrogen (secondary N) is 1. The van der Waals surface area contributed by atoms with E-state index in [0.717, 1.165) is 11.3 Å². The molecule has 27 heavy (non-hydrogen) atoms. The van der Waals surface area contributed by atoms with Gasteiger partial charge in [-0.3, -0.25) is 4.79 Å². The third-order valence-corrected chi connectivity index (χ3v) is 5.19. The first-order chi connectivity index (χ1) is 13.1. The van der Waals surface area contributed by atoms with Crippen LogP contribution in [0.5, 0.6) is 0 Å². The Morgan fingerprint density at radius 2 is 1.96 bits per heavy atom. The van der Waals surface area contributed by atoms with E-state index in [1.54, 1.807) is 22.7 Å². The maximum atomic E-state index is 14.0. The van der Waals surface area contributed by atoms with Crippen molar-refractivity contribution in [2.24, 2.45) is 0 Å². The lowest BCUT2D eigenvalue weighted by atomic mass is 10.1. The van der Waals surface area contributed by atoms with Gasteiger partial charge in [0.15, 0.2) is 5.82 Å². The van der Waals surface area contributed by atoms with Crippen LogP contribution in [-0.4, -0.2) is 27.0 Å². The summed E-state index contributed by atoms with van der Waals surface area (Å²) in [4.78, 5) is 17.4. The van der Waals surface area contributed by atoms with Crippen molar-refractivity contribution in [2.45, 2.75) is 13.3 Å². The molecule has 0 saturated heterocycles. The fourth-order valence-corrected chi connectivity index (χ4v) is 3.74. The highest BCUT2D eigenvalue weighted by Gasteiger charge is 2.14. The first kappa shape index (κ1) is 17.4. The Kier molecular flexibility index (Phi) is 4.68. The smallest absolute Gasteiger partial charge is 0.251 e. The van der Waals surface area contributed by atoms with Gasteiger partial charge >= 0.3 is 0 Å². The minimum atomic E-state index is -0.345. The number of hydrogen-bond donors (Lipinski definition) is 1. The second-order valence-electron chi connectivity index (χ2n) is 6.16. The van der Waals surface area contributed by atoms with Crippen LogP contribution < -0.4 is 5.32 Å². The zero-order valence-corrected chi connectivity index (χ0v) is 15.5. The average Bonchev–Trinajstić information content (AvgIpc) is 3.24. The Bertz CT molecular complexity index is 1120. The Labute approximate surface area is 159 Å². The molecule has 1 N–H and O–H groups in total. The van der Waals surface area contributed by atoms with Crippen LogP contribution in [0.1, 0.15) is 21.6 Å². The number of carbonyl (C=O) groups excluding carboxylic acids is 1. The third kappa shape index (κ3) is 3.46. The first-order valence-electron chi connectivity index (χ1n) is 8.55. The second kappa shape index (κ2) is 7.28. The van der Waals surface area contributed by atoms with Gasteiger partial charge in [0.1, 0.15) is 5.82 Å². The predicted octanol–water partition coefficient (Wildman–Crippen LogP) is 3.88. The molecule has 0 aliphatic carbocycles. The van der Waals surface area contributed by atoms with Crippen LogP contribution in [0.3, 0.4) is 0 Å². The molecular formula is C20H17FN4OS. The molecule has 0 aliphatic heterocycles. The van der Waals surface area contributed by atoms with Gasteiger partial charge < -0.3 is 5.32 Å². The van der Waals surface area contributed by atoms with Crippen LogP contribution in [0.25, 0.3) is 16.3 Å². The number of nitrogens with zero attached hydrogens (tertiary/aromatic N) is 3. The summed E-state index contributed by atoms with van der Waals surface area (Å²) in [6.07, 6.45) is 0.609. The van der Waals surface area contributed by atoms with E-state index < -0.39 is 0 Å². The van der Waals surface area contributed by atoms with Crippen LogP contribution in [0, 0.1) is 12.7 Å². The fourth-order valence-electron chi connectivity index (χ4n) is 2.88. The lowest BCUT2D eigenvalue weighted by Gasteiger charge is -2.07. The summed E-state index contributed by atoms with van der Waals surface area (Å²) in [5, 5.41) is 9.33. The maximum absolute atomic E-state index is 14.0. The van der Waals surface area contributed by atoms with Gasteiger partial charge in [-0.25, -0.2) is 8.91 Å². The van der Waals surface area contributed by atoms with Gasteiger partial charge in [-0.2, -0.15) is 4.98 Å². The Morgan fingerprint density at radius 3 is 2.78 bits per heavy atom. The molecule has 2 heterocycles. The van der Waals surface area contributed by atoms with Crippen molar-refractivity contribution in [1.82, 2.24) is 19.9 Å². The topological polar surface area (TPSA) is 59.3 Å². The number of halogens is 1.